The number of rotatable bonds is 7. The minimum absolute atomic E-state index is 0.291. The monoisotopic (exact) mass is 278 g/mol. The van der Waals surface area contributed by atoms with Crippen LogP contribution in [0.15, 0.2) is 36.4 Å². The van der Waals surface area contributed by atoms with E-state index in [1.807, 2.05) is 30.3 Å². The zero-order chi connectivity index (χ0) is 14.1. The van der Waals surface area contributed by atoms with Gasteiger partial charge in [0.15, 0.2) is 8.32 Å². The molecule has 0 bridgehead atoms. The number of ether oxygens (including phenoxy) is 1. The molecule has 0 unspecified atom stereocenters. The Labute approximate surface area is 116 Å². The predicted molar refractivity (Wildman–Crippen MR) is 80.4 cm³/mol. The lowest BCUT2D eigenvalue weighted by atomic mass is 10.2. The summed E-state index contributed by atoms with van der Waals surface area (Å²) in [7, 11) is 0.221. The van der Waals surface area contributed by atoms with Gasteiger partial charge in [0.05, 0.1) is 6.61 Å². The van der Waals surface area contributed by atoms with Crippen LogP contribution < -0.4 is 0 Å². The number of hydrogen-bond acceptors (Lipinski definition) is 3. The number of carbonyl (C=O) groups is 1. The van der Waals surface area contributed by atoms with Crippen molar-refractivity contribution in [3.05, 3.63) is 42.0 Å². The van der Waals surface area contributed by atoms with E-state index in [4.69, 9.17) is 9.16 Å². The van der Waals surface area contributed by atoms with E-state index < -0.39 is 8.32 Å². The highest BCUT2D eigenvalue weighted by Gasteiger charge is 2.19. The summed E-state index contributed by atoms with van der Waals surface area (Å²) in [5.41, 5.74) is 0.993. The number of carbonyl (C=O) groups excluding carboxylic acids is 1. The molecule has 1 aromatic carbocycles. The standard InChI is InChI=1S/C15H22O3Si/c1-17-19(2,3)13-7-12-18-15(16)11-10-14-8-5-4-6-9-14/h4-6,8-11H,7,12-13H2,1-3H3. The van der Waals surface area contributed by atoms with Crippen LogP contribution in [0.25, 0.3) is 6.08 Å². The average molecular weight is 278 g/mol. The van der Waals surface area contributed by atoms with E-state index in [1.54, 1.807) is 13.2 Å². The Bertz CT molecular complexity index is 413. The van der Waals surface area contributed by atoms with Crippen molar-refractivity contribution in [2.24, 2.45) is 0 Å². The Morgan fingerprint density at radius 2 is 1.95 bits per heavy atom. The molecule has 1 rings (SSSR count). The van der Waals surface area contributed by atoms with Gasteiger partial charge in [-0.05, 0) is 37.2 Å². The molecule has 0 heterocycles. The predicted octanol–water partition coefficient (Wildman–Crippen LogP) is 3.48. The van der Waals surface area contributed by atoms with Gasteiger partial charge < -0.3 is 9.16 Å². The van der Waals surface area contributed by atoms with Gasteiger partial charge in [0.25, 0.3) is 0 Å². The fourth-order valence-electron chi connectivity index (χ4n) is 1.55. The number of esters is 1. The number of benzene rings is 1. The van der Waals surface area contributed by atoms with Gasteiger partial charge in [-0.1, -0.05) is 30.3 Å². The molecule has 0 saturated carbocycles. The van der Waals surface area contributed by atoms with Crippen LogP contribution in [0.3, 0.4) is 0 Å². The van der Waals surface area contributed by atoms with Crippen molar-refractivity contribution >= 4 is 20.4 Å². The SMILES string of the molecule is CO[Si](C)(C)CCCOC(=O)C=Cc1ccccc1. The van der Waals surface area contributed by atoms with E-state index in [0.717, 1.165) is 18.0 Å². The third kappa shape index (κ3) is 6.93. The van der Waals surface area contributed by atoms with E-state index in [9.17, 15) is 4.79 Å². The van der Waals surface area contributed by atoms with Crippen molar-refractivity contribution in [1.29, 1.82) is 0 Å². The Morgan fingerprint density at radius 3 is 2.58 bits per heavy atom. The minimum Gasteiger partial charge on any atom is -0.463 e. The minimum atomic E-state index is -1.53. The molecule has 1 aromatic rings. The molecule has 3 nitrogen and oxygen atoms in total. The van der Waals surface area contributed by atoms with E-state index in [0.29, 0.717) is 6.61 Å². The third-order valence-electron chi connectivity index (χ3n) is 2.93. The van der Waals surface area contributed by atoms with Gasteiger partial charge >= 0.3 is 5.97 Å². The first-order chi connectivity index (χ1) is 9.03. The Hall–Kier alpha value is -1.39. The van der Waals surface area contributed by atoms with Crippen LogP contribution in [-0.2, 0) is 14.0 Å². The first-order valence-corrected chi connectivity index (χ1v) is 9.60. The smallest absolute Gasteiger partial charge is 0.330 e. The first kappa shape index (κ1) is 15.7. The molecule has 104 valence electrons. The van der Waals surface area contributed by atoms with Crippen LogP contribution in [0.2, 0.25) is 19.1 Å². The van der Waals surface area contributed by atoms with E-state index in [-0.39, 0.29) is 5.97 Å². The molecule has 0 fully saturated rings. The van der Waals surface area contributed by atoms with Gasteiger partial charge in [0.2, 0.25) is 0 Å². The van der Waals surface area contributed by atoms with Crippen LogP contribution >= 0.6 is 0 Å². The molecule has 0 spiro atoms. The van der Waals surface area contributed by atoms with E-state index in [2.05, 4.69) is 13.1 Å². The summed E-state index contributed by atoms with van der Waals surface area (Å²) in [6.07, 6.45) is 4.09. The largest absolute Gasteiger partial charge is 0.463 e. The van der Waals surface area contributed by atoms with Gasteiger partial charge in [0.1, 0.15) is 0 Å². The van der Waals surface area contributed by atoms with Gasteiger partial charge in [-0.2, -0.15) is 0 Å². The fraction of sp³-hybridized carbons (Fsp3) is 0.400. The molecule has 0 saturated heterocycles. The molecule has 0 aromatic heterocycles. The van der Waals surface area contributed by atoms with Crippen molar-refractivity contribution in [3.8, 4) is 0 Å². The molecule has 0 aliphatic rings. The summed E-state index contributed by atoms with van der Waals surface area (Å²) < 4.78 is 10.6. The lowest BCUT2D eigenvalue weighted by molar-refractivity contribution is -0.137. The van der Waals surface area contributed by atoms with Crippen molar-refractivity contribution in [1.82, 2.24) is 0 Å². The number of hydrogen-bond donors (Lipinski definition) is 0. The van der Waals surface area contributed by atoms with Crippen molar-refractivity contribution in [2.45, 2.75) is 25.6 Å². The Balaban J connectivity index is 2.24. The van der Waals surface area contributed by atoms with Gasteiger partial charge in [-0.15, -0.1) is 0 Å². The van der Waals surface area contributed by atoms with Gasteiger partial charge in [-0.25, -0.2) is 4.79 Å². The quantitative estimate of drug-likeness (QED) is 0.331. The third-order valence-corrected chi connectivity index (χ3v) is 5.59. The molecule has 0 atom stereocenters. The highest BCUT2D eigenvalue weighted by molar-refractivity contribution is 6.71. The highest BCUT2D eigenvalue weighted by atomic mass is 28.4. The second-order valence-electron chi connectivity index (χ2n) is 4.98. The maximum atomic E-state index is 11.5. The maximum absolute atomic E-state index is 11.5. The normalized spacial score (nSPS) is 11.7. The molecule has 0 amide bonds. The molecule has 0 aliphatic carbocycles. The van der Waals surface area contributed by atoms with E-state index >= 15 is 0 Å². The van der Waals surface area contributed by atoms with Crippen LogP contribution in [-0.4, -0.2) is 28.0 Å². The molecule has 19 heavy (non-hydrogen) atoms. The average Bonchev–Trinajstić information content (AvgIpc) is 2.42. The summed E-state index contributed by atoms with van der Waals surface area (Å²) in [6.45, 7) is 4.77. The second-order valence-corrected chi connectivity index (χ2v) is 9.41. The van der Waals surface area contributed by atoms with Crippen LogP contribution in [0.4, 0.5) is 0 Å². The van der Waals surface area contributed by atoms with Crippen LogP contribution in [0.1, 0.15) is 12.0 Å². The van der Waals surface area contributed by atoms with Crippen molar-refractivity contribution in [2.75, 3.05) is 13.7 Å². The molecule has 0 N–H and O–H groups in total. The first-order valence-electron chi connectivity index (χ1n) is 6.48. The summed E-state index contributed by atoms with van der Waals surface area (Å²) in [6, 6.07) is 10.7. The molecular weight excluding hydrogens is 256 g/mol. The zero-order valence-electron chi connectivity index (χ0n) is 11.9. The van der Waals surface area contributed by atoms with Crippen molar-refractivity contribution in [3.63, 3.8) is 0 Å². The van der Waals surface area contributed by atoms with Crippen LogP contribution in [0.5, 0.6) is 0 Å². The lowest BCUT2D eigenvalue weighted by Gasteiger charge is -2.19. The van der Waals surface area contributed by atoms with E-state index in [1.165, 1.54) is 6.08 Å². The fourth-order valence-corrected chi connectivity index (χ4v) is 2.75. The molecule has 0 aliphatic heterocycles. The highest BCUT2D eigenvalue weighted by Crippen LogP contribution is 2.12. The van der Waals surface area contributed by atoms with Crippen molar-refractivity contribution < 1.29 is 14.0 Å². The zero-order valence-corrected chi connectivity index (χ0v) is 12.9. The van der Waals surface area contributed by atoms with Gasteiger partial charge in [-0.3, -0.25) is 0 Å². The summed E-state index contributed by atoms with van der Waals surface area (Å²) >= 11 is 0. The topological polar surface area (TPSA) is 35.5 Å². The molecular formula is C15H22O3Si. The Kier molecular flexibility index (Phi) is 6.52. The Morgan fingerprint density at radius 1 is 1.26 bits per heavy atom. The molecule has 4 heteroatoms. The lowest BCUT2D eigenvalue weighted by Crippen LogP contribution is -2.28. The van der Waals surface area contributed by atoms with Crippen LogP contribution in [0, 0.1) is 0 Å². The summed E-state index contributed by atoms with van der Waals surface area (Å²) in [4.78, 5) is 11.5. The summed E-state index contributed by atoms with van der Waals surface area (Å²) in [5.74, 6) is -0.291. The summed E-state index contributed by atoms with van der Waals surface area (Å²) in [5, 5.41) is 0. The molecule has 0 radical (unpaired) electrons. The maximum Gasteiger partial charge on any atom is 0.330 e. The van der Waals surface area contributed by atoms with Gasteiger partial charge in [0, 0.05) is 13.2 Å². The second kappa shape index (κ2) is 7.91.